The molecule has 3 heterocycles. The molecule has 5 aromatic rings. The monoisotopic (exact) mass is 572 g/mol. The van der Waals surface area contributed by atoms with E-state index in [-0.39, 0.29) is 33.5 Å². The average molecular weight is 573 g/mol. The molecule has 0 aliphatic heterocycles. The third-order valence-corrected chi connectivity index (χ3v) is 8.74. The van der Waals surface area contributed by atoms with Gasteiger partial charge in [0.05, 0.1) is 32.7 Å². The van der Waals surface area contributed by atoms with Crippen molar-refractivity contribution < 1.29 is 9.18 Å². The van der Waals surface area contributed by atoms with E-state index in [4.69, 9.17) is 11.6 Å². The third-order valence-electron chi connectivity index (χ3n) is 7.57. The van der Waals surface area contributed by atoms with Gasteiger partial charge < -0.3 is 4.90 Å². The summed E-state index contributed by atoms with van der Waals surface area (Å²) in [7, 11) is 3.14. The molecule has 0 N–H and O–H groups in total. The summed E-state index contributed by atoms with van der Waals surface area (Å²) in [6.45, 7) is 3.71. The summed E-state index contributed by atoms with van der Waals surface area (Å²) in [4.78, 5) is 36.5. The lowest BCUT2D eigenvalue weighted by Gasteiger charge is -2.17. The van der Waals surface area contributed by atoms with Gasteiger partial charge in [-0.2, -0.15) is 0 Å². The van der Waals surface area contributed by atoms with Crippen molar-refractivity contribution in [2.75, 3.05) is 14.1 Å². The van der Waals surface area contributed by atoms with E-state index in [0.717, 1.165) is 33.5 Å². The van der Waals surface area contributed by atoms with Gasteiger partial charge in [-0.25, -0.2) is 9.37 Å². The van der Waals surface area contributed by atoms with Gasteiger partial charge in [-0.05, 0) is 79.1 Å². The van der Waals surface area contributed by atoms with Gasteiger partial charge in [0.1, 0.15) is 10.8 Å². The van der Waals surface area contributed by atoms with Crippen LogP contribution < -0.4 is 5.56 Å². The quantitative estimate of drug-likeness (QED) is 0.230. The van der Waals surface area contributed by atoms with Crippen molar-refractivity contribution in [2.45, 2.75) is 32.1 Å². The Kier molecular flexibility index (Phi) is 6.55. The number of carbonyl (C=O) groups excluding carboxylic acids is 1. The summed E-state index contributed by atoms with van der Waals surface area (Å²) in [5.74, 6) is -0.699. The molecule has 6 nitrogen and oxygen atoms in total. The number of thiazole rings is 1. The van der Waals surface area contributed by atoms with E-state index >= 15 is 4.39 Å². The fraction of sp³-hybridized carbons (Fsp3) is 0.226. The molecule has 6 rings (SSSR count). The SMILES string of the molecule is Cc1cnc(-c2cccc(C(=O)N(C)C)c2F)cc1-n1c(C)cc([C@H]2C[C@@H]2c2cccc3scnc23)c(Cl)c1=O. The molecule has 1 saturated carbocycles. The fourth-order valence-corrected chi connectivity index (χ4v) is 6.42. The lowest BCUT2D eigenvalue weighted by atomic mass is 10.0. The molecule has 2 aromatic carbocycles. The van der Waals surface area contributed by atoms with Crippen LogP contribution in [0.25, 0.3) is 27.2 Å². The second-order valence-corrected chi connectivity index (χ2v) is 11.7. The lowest BCUT2D eigenvalue weighted by Crippen LogP contribution is -2.23. The van der Waals surface area contributed by atoms with Gasteiger partial charge in [-0.1, -0.05) is 29.8 Å². The van der Waals surface area contributed by atoms with Crippen LogP contribution in [0.5, 0.6) is 0 Å². The Hall–Kier alpha value is -3.88. The van der Waals surface area contributed by atoms with Crippen molar-refractivity contribution in [1.29, 1.82) is 0 Å². The summed E-state index contributed by atoms with van der Waals surface area (Å²) < 4.78 is 18.2. The Labute approximate surface area is 239 Å². The Morgan fingerprint density at radius 1 is 1.07 bits per heavy atom. The summed E-state index contributed by atoms with van der Waals surface area (Å²) in [6.07, 6.45) is 2.50. The second kappa shape index (κ2) is 9.94. The predicted molar refractivity (Wildman–Crippen MR) is 157 cm³/mol. The molecule has 2 atom stereocenters. The van der Waals surface area contributed by atoms with Crippen molar-refractivity contribution in [3.05, 3.63) is 109 Å². The molecule has 1 aliphatic carbocycles. The van der Waals surface area contributed by atoms with Crippen LogP contribution in [0.3, 0.4) is 0 Å². The first kappa shape index (κ1) is 26.3. The highest BCUT2D eigenvalue weighted by molar-refractivity contribution is 7.16. The third kappa shape index (κ3) is 4.32. The maximum absolute atomic E-state index is 15.4. The van der Waals surface area contributed by atoms with Crippen LogP contribution in [0.1, 0.15) is 51.0 Å². The topological polar surface area (TPSA) is 68.1 Å². The minimum Gasteiger partial charge on any atom is -0.345 e. The van der Waals surface area contributed by atoms with E-state index in [1.54, 1.807) is 54.4 Å². The van der Waals surface area contributed by atoms with Gasteiger partial charge >= 0.3 is 0 Å². The Morgan fingerprint density at radius 3 is 2.60 bits per heavy atom. The minimum atomic E-state index is -0.657. The number of halogens is 2. The number of carbonyl (C=O) groups is 1. The molecule has 0 saturated heterocycles. The molecule has 40 heavy (non-hydrogen) atoms. The van der Waals surface area contributed by atoms with E-state index in [9.17, 15) is 9.59 Å². The molecule has 3 aromatic heterocycles. The van der Waals surface area contributed by atoms with Crippen molar-refractivity contribution in [3.63, 3.8) is 0 Å². The van der Waals surface area contributed by atoms with E-state index in [1.807, 2.05) is 25.4 Å². The van der Waals surface area contributed by atoms with Crippen molar-refractivity contribution in [1.82, 2.24) is 19.4 Å². The van der Waals surface area contributed by atoms with Crippen LogP contribution >= 0.6 is 22.9 Å². The van der Waals surface area contributed by atoms with Gasteiger partial charge in [0, 0.05) is 31.5 Å². The van der Waals surface area contributed by atoms with Crippen molar-refractivity contribution in [2.24, 2.45) is 0 Å². The van der Waals surface area contributed by atoms with Gasteiger partial charge in [0.25, 0.3) is 11.5 Å². The van der Waals surface area contributed by atoms with Gasteiger partial charge in [-0.3, -0.25) is 19.1 Å². The smallest absolute Gasteiger partial charge is 0.274 e. The normalized spacial score (nSPS) is 16.4. The van der Waals surface area contributed by atoms with E-state index in [1.165, 1.54) is 16.5 Å². The molecule has 0 radical (unpaired) electrons. The maximum Gasteiger partial charge on any atom is 0.274 e. The number of fused-ring (bicyclic) bond motifs is 1. The lowest BCUT2D eigenvalue weighted by molar-refractivity contribution is 0.0823. The summed E-state index contributed by atoms with van der Waals surface area (Å²) >= 11 is 8.38. The van der Waals surface area contributed by atoms with Gasteiger partial charge in [0.15, 0.2) is 0 Å². The van der Waals surface area contributed by atoms with Crippen molar-refractivity contribution in [3.8, 4) is 16.9 Å². The highest BCUT2D eigenvalue weighted by atomic mass is 35.5. The predicted octanol–water partition coefficient (Wildman–Crippen LogP) is 6.89. The van der Waals surface area contributed by atoms with Crippen LogP contribution in [0, 0.1) is 19.7 Å². The van der Waals surface area contributed by atoms with Crippen LogP contribution in [0.15, 0.2) is 65.0 Å². The summed E-state index contributed by atoms with van der Waals surface area (Å²) in [5, 5.41) is 0.186. The number of pyridine rings is 2. The number of hydrogen-bond acceptors (Lipinski definition) is 5. The number of nitrogens with zero attached hydrogens (tertiary/aromatic N) is 4. The Balaban J connectivity index is 1.40. The number of aryl methyl sites for hydroxylation is 2. The molecular formula is C31H26ClFN4O2S. The molecule has 1 amide bonds. The number of para-hydroxylation sites is 1. The van der Waals surface area contributed by atoms with Gasteiger partial charge in [-0.15, -0.1) is 11.3 Å². The Bertz CT molecular complexity index is 1880. The molecule has 0 bridgehead atoms. The Morgan fingerprint density at radius 2 is 1.82 bits per heavy atom. The molecule has 1 aliphatic rings. The number of rotatable bonds is 5. The summed E-state index contributed by atoms with van der Waals surface area (Å²) in [5.41, 5.74) is 7.05. The fourth-order valence-electron chi connectivity index (χ4n) is 5.43. The number of benzene rings is 2. The molecule has 1 fully saturated rings. The summed E-state index contributed by atoms with van der Waals surface area (Å²) in [6, 6.07) is 14.5. The average Bonchev–Trinajstić information content (AvgIpc) is 3.57. The zero-order valence-corrected chi connectivity index (χ0v) is 24.0. The zero-order chi connectivity index (χ0) is 28.3. The zero-order valence-electron chi connectivity index (χ0n) is 22.4. The largest absolute Gasteiger partial charge is 0.345 e. The molecular weight excluding hydrogens is 547 g/mol. The van der Waals surface area contributed by atoms with Crippen molar-refractivity contribution >= 4 is 39.1 Å². The molecule has 9 heteroatoms. The standard InChI is InChI=1S/C31H26ClFN4O2S/c1-16-14-34-24(19-8-5-9-20(28(19)33)30(38)36(3)4)13-25(16)37-17(2)11-23(27(32)31(37)39)22-12-21(22)18-7-6-10-26-29(18)35-15-40-26/h5-11,13-15,21-22H,12H2,1-4H3/t21-,22+/m1/s1. The minimum absolute atomic E-state index is 0.0421. The van der Waals surface area contributed by atoms with Gasteiger partial charge in [0.2, 0.25) is 0 Å². The van der Waals surface area contributed by atoms with Crippen LogP contribution in [0.4, 0.5) is 4.39 Å². The first-order valence-corrected chi connectivity index (χ1v) is 14.1. The van der Waals surface area contributed by atoms with E-state index in [2.05, 4.69) is 28.2 Å². The maximum atomic E-state index is 15.4. The number of hydrogen-bond donors (Lipinski definition) is 0. The highest BCUT2D eigenvalue weighted by Crippen LogP contribution is 2.57. The first-order chi connectivity index (χ1) is 19.2. The molecule has 0 spiro atoms. The van der Waals surface area contributed by atoms with Crippen LogP contribution in [-0.2, 0) is 0 Å². The van der Waals surface area contributed by atoms with E-state index in [0.29, 0.717) is 11.4 Å². The van der Waals surface area contributed by atoms with Crippen LogP contribution in [0.2, 0.25) is 5.02 Å². The highest BCUT2D eigenvalue weighted by Gasteiger charge is 2.42. The first-order valence-electron chi connectivity index (χ1n) is 12.9. The second-order valence-electron chi connectivity index (χ2n) is 10.4. The van der Waals surface area contributed by atoms with E-state index < -0.39 is 11.7 Å². The van der Waals surface area contributed by atoms with Crippen LogP contribution in [-0.4, -0.2) is 39.4 Å². The number of aromatic nitrogens is 3. The number of amides is 1. The molecule has 0 unspecified atom stereocenters. The molecule has 202 valence electrons.